The normalized spacial score (nSPS) is 19.4. The minimum Gasteiger partial charge on any atom is -0.493 e. The van der Waals surface area contributed by atoms with E-state index >= 15 is 0 Å². The third kappa shape index (κ3) is 4.17. The highest BCUT2D eigenvalue weighted by atomic mass is 79.9. The van der Waals surface area contributed by atoms with Gasteiger partial charge in [0, 0.05) is 22.7 Å². The summed E-state index contributed by atoms with van der Waals surface area (Å²) < 4.78 is 11.8. The van der Waals surface area contributed by atoms with Gasteiger partial charge in [-0.3, -0.25) is 4.79 Å². The number of ether oxygens (including phenoxy) is 2. The van der Waals surface area contributed by atoms with Gasteiger partial charge >= 0.3 is 0 Å². The number of allylic oxidation sites excluding steroid dienone is 1. The zero-order chi connectivity index (χ0) is 23.8. The van der Waals surface area contributed by atoms with Crippen molar-refractivity contribution < 1.29 is 14.3 Å². The third-order valence-electron chi connectivity index (χ3n) is 6.44. The number of methoxy groups -OCH3 is 2. The molecule has 2 atom stereocenters. The van der Waals surface area contributed by atoms with E-state index in [1.807, 2.05) is 60.7 Å². The van der Waals surface area contributed by atoms with Crippen LogP contribution in [0.15, 0.2) is 76.4 Å². The Morgan fingerprint density at radius 3 is 2.38 bits per heavy atom. The minimum absolute atomic E-state index is 0.0825. The number of para-hydroxylation sites is 2. The number of rotatable bonds is 4. The average Bonchev–Trinajstić information content (AvgIpc) is 3.01. The molecule has 2 N–H and O–H groups in total. The highest BCUT2D eigenvalue weighted by Crippen LogP contribution is 2.46. The van der Waals surface area contributed by atoms with Crippen LogP contribution in [0.25, 0.3) is 0 Å². The summed E-state index contributed by atoms with van der Waals surface area (Å²) in [5.74, 6) is 1.41. The first kappa shape index (κ1) is 22.8. The van der Waals surface area contributed by atoms with Crippen molar-refractivity contribution in [2.75, 3.05) is 24.9 Å². The molecule has 1 aliphatic carbocycles. The number of hydrogen-bond acceptors (Lipinski definition) is 5. The summed E-state index contributed by atoms with van der Waals surface area (Å²) in [6.45, 7) is 0. The van der Waals surface area contributed by atoms with Crippen LogP contribution in [0.5, 0.6) is 11.5 Å². The molecule has 34 heavy (non-hydrogen) atoms. The number of fused-ring (bicyclic) bond motifs is 1. The molecular formula is C27H24BrClN2O3. The van der Waals surface area contributed by atoms with Crippen LogP contribution in [0.2, 0.25) is 5.02 Å². The van der Waals surface area contributed by atoms with Crippen molar-refractivity contribution in [2.45, 2.75) is 24.8 Å². The fraction of sp³-hybridized carbons (Fsp3) is 0.222. The second-order valence-electron chi connectivity index (χ2n) is 8.46. The lowest BCUT2D eigenvalue weighted by atomic mass is 9.78. The van der Waals surface area contributed by atoms with Gasteiger partial charge in [0.1, 0.15) is 0 Å². The van der Waals surface area contributed by atoms with Gasteiger partial charge in [-0.05, 0) is 75.8 Å². The second kappa shape index (κ2) is 9.35. The Labute approximate surface area is 212 Å². The van der Waals surface area contributed by atoms with E-state index in [4.69, 9.17) is 21.1 Å². The van der Waals surface area contributed by atoms with Crippen molar-refractivity contribution >= 4 is 44.7 Å². The highest BCUT2D eigenvalue weighted by Gasteiger charge is 2.36. The zero-order valence-corrected chi connectivity index (χ0v) is 21.2. The standard InChI is InChI=1S/C27H24BrClN2O3/c1-33-24-14-17(11-19(28)27(24)34-2)26-25-22(30-20-5-3-4-6-21(20)31-26)12-16(13-23(25)32)15-7-9-18(29)10-8-15/h3-11,14,16,26,30-31H,12-13H2,1-2H3. The smallest absolute Gasteiger partial charge is 0.174 e. The maximum Gasteiger partial charge on any atom is 0.174 e. The van der Waals surface area contributed by atoms with E-state index in [-0.39, 0.29) is 17.7 Å². The van der Waals surface area contributed by atoms with Crippen molar-refractivity contribution in [3.05, 3.63) is 92.6 Å². The molecular weight excluding hydrogens is 516 g/mol. The molecule has 2 aliphatic rings. The topological polar surface area (TPSA) is 59.6 Å². The molecule has 5 rings (SSSR count). The fourth-order valence-electron chi connectivity index (χ4n) is 4.82. The molecule has 0 radical (unpaired) electrons. The highest BCUT2D eigenvalue weighted by molar-refractivity contribution is 9.10. The van der Waals surface area contributed by atoms with Gasteiger partial charge in [0.2, 0.25) is 0 Å². The molecule has 5 nitrogen and oxygen atoms in total. The van der Waals surface area contributed by atoms with Gasteiger partial charge in [0.05, 0.1) is 36.1 Å². The molecule has 0 spiro atoms. The lowest BCUT2D eigenvalue weighted by Gasteiger charge is -2.30. The predicted octanol–water partition coefficient (Wildman–Crippen LogP) is 7.10. The molecule has 7 heteroatoms. The van der Waals surface area contributed by atoms with Crippen LogP contribution in [-0.4, -0.2) is 20.0 Å². The zero-order valence-electron chi connectivity index (χ0n) is 18.8. The number of benzene rings is 3. The molecule has 0 bridgehead atoms. The number of anilines is 2. The summed E-state index contributed by atoms with van der Waals surface area (Å²) in [5, 5.41) is 7.87. The van der Waals surface area contributed by atoms with E-state index in [1.54, 1.807) is 14.2 Å². The summed E-state index contributed by atoms with van der Waals surface area (Å²) in [4.78, 5) is 13.7. The Balaban J connectivity index is 1.63. The number of ketones is 1. The number of Topliss-reactive ketones (excluding diaryl/α,β-unsaturated/α-hetero) is 1. The Bertz CT molecular complexity index is 1290. The molecule has 0 amide bonds. The maximum atomic E-state index is 13.7. The van der Waals surface area contributed by atoms with Crippen molar-refractivity contribution in [1.82, 2.24) is 0 Å². The molecule has 3 aromatic carbocycles. The minimum atomic E-state index is -0.346. The number of hydrogen-bond donors (Lipinski definition) is 2. The second-order valence-corrected chi connectivity index (χ2v) is 9.75. The number of halogens is 2. The summed E-state index contributed by atoms with van der Waals surface area (Å²) in [5.41, 5.74) is 5.59. The van der Waals surface area contributed by atoms with Crippen molar-refractivity contribution in [2.24, 2.45) is 0 Å². The monoisotopic (exact) mass is 538 g/mol. The summed E-state index contributed by atoms with van der Waals surface area (Å²) >= 11 is 9.70. The lowest BCUT2D eigenvalue weighted by Crippen LogP contribution is -2.27. The van der Waals surface area contributed by atoms with Crippen molar-refractivity contribution in [3.63, 3.8) is 0 Å². The quantitative estimate of drug-likeness (QED) is 0.370. The van der Waals surface area contributed by atoms with Gasteiger partial charge in [-0.1, -0.05) is 35.9 Å². The van der Waals surface area contributed by atoms with Crippen LogP contribution in [-0.2, 0) is 4.79 Å². The molecule has 3 aromatic rings. The van der Waals surface area contributed by atoms with Gasteiger partial charge in [0.15, 0.2) is 17.3 Å². The molecule has 0 aromatic heterocycles. The van der Waals surface area contributed by atoms with E-state index in [0.29, 0.717) is 22.9 Å². The van der Waals surface area contributed by atoms with Crippen LogP contribution in [0, 0.1) is 0 Å². The van der Waals surface area contributed by atoms with Gasteiger partial charge in [-0.15, -0.1) is 0 Å². The molecule has 1 aliphatic heterocycles. The van der Waals surface area contributed by atoms with Gasteiger partial charge in [-0.2, -0.15) is 0 Å². The molecule has 0 saturated heterocycles. The number of nitrogens with one attached hydrogen (secondary N) is 2. The average molecular weight is 540 g/mol. The molecule has 0 fully saturated rings. The molecule has 174 valence electrons. The summed E-state index contributed by atoms with van der Waals surface area (Å²) in [6, 6.07) is 19.4. The Morgan fingerprint density at radius 2 is 1.68 bits per heavy atom. The van der Waals surface area contributed by atoms with Crippen molar-refractivity contribution in [1.29, 1.82) is 0 Å². The van der Waals surface area contributed by atoms with E-state index < -0.39 is 0 Å². The van der Waals surface area contributed by atoms with Crippen LogP contribution in [0.3, 0.4) is 0 Å². The Hall–Kier alpha value is -2.96. The van der Waals surface area contributed by atoms with E-state index in [2.05, 4.69) is 26.6 Å². The van der Waals surface area contributed by atoms with Gasteiger partial charge < -0.3 is 20.1 Å². The lowest BCUT2D eigenvalue weighted by molar-refractivity contribution is -0.116. The Kier molecular flexibility index (Phi) is 6.28. The van der Waals surface area contributed by atoms with E-state index in [0.717, 1.165) is 44.7 Å². The van der Waals surface area contributed by atoms with Gasteiger partial charge in [-0.25, -0.2) is 0 Å². The van der Waals surface area contributed by atoms with Gasteiger partial charge in [0.25, 0.3) is 0 Å². The third-order valence-corrected chi connectivity index (χ3v) is 7.28. The van der Waals surface area contributed by atoms with Crippen LogP contribution in [0.1, 0.15) is 35.9 Å². The summed E-state index contributed by atoms with van der Waals surface area (Å²) in [6.07, 6.45) is 1.16. The van der Waals surface area contributed by atoms with Crippen LogP contribution >= 0.6 is 27.5 Å². The number of carbonyl (C=O) groups is 1. The van der Waals surface area contributed by atoms with Crippen LogP contribution < -0.4 is 20.1 Å². The molecule has 2 unspecified atom stereocenters. The number of carbonyl (C=O) groups excluding carboxylic acids is 1. The first-order valence-corrected chi connectivity index (χ1v) is 12.2. The molecule has 0 saturated carbocycles. The molecule has 1 heterocycles. The fourth-order valence-corrected chi connectivity index (χ4v) is 5.57. The SMILES string of the molecule is COc1cc(C2Nc3ccccc3NC3=C2C(=O)CC(c2ccc(Cl)cc2)C3)cc(Br)c1OC. The van der Waals surface area contributed by atoms with Crippen molar-refractivity contribution in [3.8, 4) is 11.5 Å². The largest absolute Gasteiger partial charge is 0.493 e. The van der Waals surface area contributed by atoms with E-state index in [1.165, 1.54) is 0 Å². The maximum absolute atomic E-state index is 13.7. The first-order chi connectivity index (χ1) is 16.5. The van der Waals surface area contributed by atoms with E-state index in [9.17, 15) is 4.79 Å². The van der Waals surface area contributed by atoms with Crippen LogP contribution in [0.4, 0.5) is 11.4 Å². The first-order valence-electron chi connectivity index (χ1n) is 11.0. The predicted molar refractivity (Wildman–Crippen MR) is 139 cm³/mol. The summed E-state index contributed by atoms with van der Waals surface area (Å²) in [7, 11) is 3.22. The Morgan fingerprint density at radius 1 is 0.941 bits per heavy atom.